The summed E-state index contributed by atoms with van der Waals surface area (Å²) in [4.78, 5) is 6.34. The zero-order valence-corrected chi connectivity index (χ0v) is 14.4. The molecule has 4 nitrogen and oxygen atoms in total. The fourth-order valence-corrected chi connectivity index (χ4v) is 2.58. The zero-order valence-electron chi connectivity index (χ0n) is 14.4. The van der Waals surface area contributed by atoms with Crippen LogP contribution in [0.3, 0.4) is 0 Å². The van der Waals surface area contributed by atoms with E-state index in [0.717, 1.165) is 17.7 Å². The van der Waals surface area contributed by atoms with Crippen LogP contribution in [0.15, 0.2) is 59.1 Å². The molecule has 0 aliphatic rings. The van der Waals surface area contributed by atoms with Gasteiger partial charge in [0.15, 0.2) is 0 Å². The second-order valence-corrected chi connectivity index (χ2v) is 6.09. The lowest BCUT2D eigenvalue weighted by Crippen LogP contribution is -2.22. The smallest absolute Gasteiger partial charge is 0.338 e. The van der Waals surface area contributed by atoms with Crippen molar-refractivity contribution in [3.63, 3.8) is 0 Å². The van der Waals surface area contributed by atoms with E-state index in [9.17, 15) is 13.2 Å². The number of hydrogen-bond acceptors (Lipinski definition) is 4. The Hall–Kier alpha value is -2.67. The molecule has 2 aromatic carbocycles. The number of hydrogen-bond donors (Lipinski definition) is 0. The Balaban J connectivity index is 1.70. The molecular formula is C19H18F3N3O. The summed E-state index contributed by atoms with van der Waals surface area (Å²) in [5.41, 5.74) is 0.936. The lowest BCUT2D eigenvalue weighted by molar-refractivity contribution is -0.137. The van der Waals surface area contributed by atoms with Crippen LogP contribution in [0, 0.1) is 0 Å². The van der Waals surface area contributed by atoms with Crippen molar-refractivity contribution >= 4 is 0 Å². The van der Waals surface area contributed by atoms with Crippen LogP contribution in [-0.4, -0.2) is 22.1 Å². The normalized spacial score (nSPS) is 13.2. The first-order chi connectivity index (χ1) is 12.3. The summed E-state index contributed by atoms with van der Waals surface area (Å²) in [6.45, 7) is 2.51. The highest BCUT2D eigenvalue weighted by Gasteiger charge is 2.30. The molecule has 0 bridgehead atoms. The van der Waals surface area contributed by atoms with E-state index in [2.05, 4.69) is 22.0 Å². The summed E-state index contributed by atoms with van der Waals surface area (Å²) < 4.78 is 43.1. The van der Waals surface area contributed by atoms with Crippen LogP contribution in [0.2, 0.25) is 0 Å². The molecule has 0 radical (unpaired) electrons. The molecule has 0 saturated carbocycles. The van der Waals surface area contributed by atoms with Gasteiger partial charge in [0.25, 0.3) is 0 Å². The van der Waals surface area contributed by atoms with Gasteiger partial charge in [-0.15, -0.1) is 0 Å². The van der Waals surface area contributed by atoms with Crippen LogP contribution in [0.25, 0.3) is 11.4 Å². The molecule has 136 valence electrons. The summed E-state index contributed by atoms with van der Waals surface area (Å²) in [7, 11) is 1.94. The standard InChI is InChI=1S/C19H18F3N3O/c1-13(14-6-4-3-5-7-14)25(2)12-17-23-18(24-26-17)15-8-10-16(11-9-15)19(20,21)22/h3-11,13H,12H2,1-2H3. The van der Waals surface area contributed by atoms with Gasteiger partial charge in [-0.05, 0) is 31.7 Å². The molecule has 0 spiro atoms. The predicted molar refractivity (Wildman–Crippen MR) is 91.1 cm³/mol. The highest BCUT2D eigenvalue weighted by atomic mass is 19.4. The van der Waals surface area contributed by atoms with Gasteiger partial charge in [-0.1, -0.05) is 47.6 Å². The molecule has 3 rings (SSSR count). The van der Waals surface area contributed by atoms with Gasteiger partial charge < -0.3 is 4.52 Å². The lowest BCUT2D eigenvalue weighted by Gasteiger charge is -2.23. The molecule has 1 aromatic heterocycles. The summed E-state index contributed by atoms with van der Waals surface area (Å²) in [5.74, 6) is 0.680. The molecule has 0 aliphatic heterocycles. The third-order valence-corrected chi connectivity index (χ3v) is 4.27. The van der Waals surface area contributed by atoms with Gasteiger partial charge in [0.1, 0.15) is 0 Å². The van der Waals surface area contributed by atoms with Crippen molar-refractivity contribution < 1.29 is 17.7 Å². The molecule has 1 unspecified atom stereocenters. The second kappa shape index (κ2) is 7.29. The van der Waals surface area contributed by atoms with E-state index in [0.29, 0.717) is 18.0 Å². The van der Waals surface area contributed by atoms with E-state index in [1.54, 1.807) is 0 Å². The Morgan fingerprint density at radius 1 is 1.04 bits per heavy atom. The van der Waals surface area contributed by atoms with E-state index >= 15 is 0 Å². The van der Waals surface area contributed by atoms with Crippen molar-refractivity contribution in [2.75, 3.05) is 7.05 Å². The van der Waals surface area contributed by atoms with E-state index in [4.69, 9.17) is 4.52 Å². The lowest BCUT2D eigenvalue weighted by atomic mass is 10.1. The van der Waals surface area contributed by atoms with Gasteiger partial charge in [0, 0.05) is 11.6 Å². The van der Waals surface area contributed by atoms with Crippen LogP contribution in [-0.2, 0) is 12.7 Å². The Bertz CT molecular complexity index is 844. The quantitative estimate of drug-likeness (QED) is 0.645. The first kappa shape index (κ1) is 18.1. The van der Waals surface area contributed by atoms with E-state index in [1.807, 2.05) is 37.4 Å². The van der Waals surface area contributed by atoms with E-state index in [1.165, 1.54) is 12.1 Å². The highest BCUT2D eigenvalue weighted by molar-refractivity contribution is 5.54. The molecule has 3 aromatic rings. The molecule has 0 fully saturated rings. The van der Waals surface area contributed by atoms with Crippen molar-refractivity contribution in [1.82, 2.24) is 15.0 Å². The maximum absolute atomic E-state index is 12.6. The Labute approximate surface area is 149 Å². The third kappa shape index (κ3) is 4.11. The number of alkyl halides is 3. The highest BCUT2D eigenvalue weighted by Crippen LogP contribution is 2.30. The summed E-state index contributed by atoms with van der Waals surface area (Å²) in [6, 6.07) is 14.9. The average Bonchev–Trinajstić information content (AvgIpc) is 3.09. The topological polar surface area (TPSA) is 42.2 Å². The van der Waals surface area contributed by atoms with Crippen LogP contribution in [0.4, 0.5) is 13.2 Å². The van der Waals surface area contributed by atoms with Crippen LogP contribution in [0.5, 0.6) is 0 Å². The third-order valence-electron chi connectivity index (χ3n) is 4.27. The second-order valence-electron chi connectivity index (χ2n) is 6.09. The number of aromatic nitrogens is 2. The first-order valence-electron chi connectivity index (χ1n) is 8.10. The monoisotopic (exact) mass is 361 g/mol. The van der Waals surface area contributed by atoms with E-state index < -0.39 is 11.7 Å². The van der Waals surface area contributed by atoms with Crippen LogP contribution < -0.4 is 0 Å². The van der Waals surface area contributed by atoms with Gasteiger partial charge >= 0.3 is 6.18 Å². The minimum Gasteiger partial charge on any atom is -0.338 e. The Kier molecular flexibility index (Phi) is 5.08. The molecule has 7 heteroatoms. The van der Waals surface area contributed by atoms with Gasteiger partial charge in [-0.2, -0.15) is 18.2 Å². The molecule has 0 aliphatic carbocycles. The Morgan fingerprint density at radius 2 is 1.69 bits per heavy atom. The SMILES string of the molecule is CC(c1ccccc1)N(C)Cc1nc(-c2ccc(C(F)(F)F)cc2)no1. The van der Waals surface area contributed by atoms with Gasteiger partial charge in [0.2, 0.25) is 11.7 Å². The van der Waals surface area contributed by atoms with Crippen molar-refractivity contribution in [2.45, 2.75) is 25.7 Å². The summed E-state index contributed by atoms with van der Waals surface area (Å²) in [6.07, 6.45) is -4.36. The number of benzene rings is 2. The minimum atomic E-state index is -4.36. The summed E-state index contributed by atoms with van der Waals surface area (Å²) >= 11 is 0. The zero-order chi connectivity index (χ0) is 18.7. The molecule has 1 heterocycles. The number of halogens is 3. The average molecular weight is 361 g/mol. The maximum Gasteiger partial charge on any atom is 0.416 e. The van der Waals surface area contributed by atoms with Gasteiger partial charge in [-0.3, -0.25) is 4.90 Å². The van der Waals surface area contributed by atoms with Crippen molar-refractivity contribution in [3.05, 3.63) is 71.6 Å². The molecular weight excluding hydrogens is 343 g/mol. The minimum absolute atomic E-state index is 0.151. The largest absolute Gasteiger partial charge is 0.416 e. The first-order valence-corrected chi connectivity index (χ1v) is 8.10. The van der Waals surface area contributed by atoms with Gasteiger partial charge in [0.05, 0.1) is 12.1 Å². The van der Waals surface area contributed by atoms with Crippen LogP contribution in [0.1, 0.15) is 30.0 Å². The molecule has 0 amide bonds. The van der Waals surface area contributed by atoms with E-state index in [-0.39, 0.29) is 11.9 Å². The fraction of sp³-hybridized carbons (Fsp3) is 0.263. The molecule has 26 heavy (non-hydrogen) atoms. The number of nitrogens with zero attached hydrogens (tertiary/aromatic N) is 3. The number of rotatable bonds is 5. The Morgan fingerprint density at radius 3 is 2.31 bits per heavy atom. The maximum atomic E-state index is 12.6. The van der Waals surface area contributed by atoms with Crippen LogP contribution >= 0.6 is 0 Å². The molecule has 0 saturated heterocycles. The van der Waals surface area contributed by atoms with Crippen molar-refractivity contribution in [2.24, 2.45) is 0 Å². The van der Waals surface area contributed by atoms with Crippen molar-refractivity contribution in [3.8, 4) is 11.4 Å². The van der Waals surface area contributed by atoms with Gasteiger partial charge in [-0.25, -0.2) is 0 Å². The summed E-state index contributed by atoms with van der Waals surface area (Å²) in [5, 5.41) is 3.87. The fourth-order valence-electron chi connectivity index (χ4n) is 2.58. The molecule has 1 atom stereocenters. The van der Waals surface area contributed by atoms with Crippen molar-refractivity contribution in [1.29, 1.82) is 0 Å². The predicted octanol–water partition coefficient (Wildman–Crippen LogP) is 4.95. The molecule has 0 N–H and O–H groups in total.